The Kier molecular flexibility index (Phi) is 6.25. The summed E-state index contributed by atoms with van der Waals surface area (Å²) in [6, 6.07) is 7.99. The Morgan fingerprint density at radius 1 is 1.21 bits per heavy atom. The summed E-state index contributed by atoms with van der Waals surface area (Å²) >= 11 is 1.53. The van der Waals surface area contributed by atoms with E-state index in [1.54, 1.807) is 35.2 Å². The van der Waals surface area contributed by atoms with Gasteiger partial charge in [-0.25, -0.2) is 9.59 Å². The molecule has 1 saturated heterocycles. The Bertz CT molecular complexity index is 647. The van der Waals surface area contributed by atoms with Gasteiger partial charge in [-0.1, -0.05) is 18.2 Å². The maximum Gasteiger partial charge on any atom is 0.356 e. The molecule has 8 heteroatoms. The molecule has 1 aliphatic rings. The molecule has 0 saturated carbocycles. The van der Waals surface area contributed by atoms with Gasteiger partial charge in [0.15, 0.2) is 0 Å². The fraction of sp³-hybridized carbons (Fsp3) is 0.312. The van der Waals surface area contributed by atoms with E-state index in [9.17, 15) is 14.4 Å². The van der Waals surface area contributed by atoms with Crippen LogP contribution in [0.5, 0.6) is 0 Å². The second-order valence-corrected chi connectivity index (χ2v) is 5.91. The molecule has 0 aliphatic carbocycles. The standard InChI is InChI=1S/C16H18N2O5S/c1-22-15(20)12(17-14(19)11-6-4-3-5-7-11)8-18-10-24-9-13(18)16(21)23-2/h3-8,13H,9-10H2,1-2H3,(H,17,19)/b12-8-/t13-/m0/s1. The zero-order valence-electron chi connectivity index (χ0n) is 13.4. The highest BCUT2D eigenvalue weighted by molar-refractivity contribution is 7.99. The highest BCUT2D eigenvalue weighted by Crippen LogP contribution is 2.22. The lowest BCUT2D eigenvalue weighted by Crippen LogP contribution is -2.37. The number of carbonyl (C=O) groups excluding carboxylic acids is 3. The van der Waals surface area contributed by atoms with E-state index in [1.807, 2.05) is 0 Å². The van der Waals surface area contributed by atoms with Gasteiger partial charge in [0.2, 0.25) is 0 Å². The molecule has 1 aromatic rings. The van der Waals surface area contributed by atoms with Crippen LogP contribution in [0.2, 0.25) is 0 Å². The van der Waals surface area contributed by atoms with Gasteiger partial charge in [0.05, 0.1) is 20.1 Å². The minimum absolute atomic E-state index is 0.0391. The molecule has 1 aliphatic heterocycles. The SMILES string of the molecule is COC(=O)/C(=C/N1CSC[C@H]1C(=O)OC)NC(=O)c1ccccc1. The summed E-state index contributed by atoms with van der Waals surface area (Å²) in [6.07, 6.45) is 1.42. The summed E-state index contributed by atoms with van der Waals surface area (Å²) in [5.41, 5.74) is 0.371. The van der Waals surface area contributed by atoms with Crippen LogP contribution in [0.15, 0.2) is 42.2 Å². The van der Waals surface area contributed by atoms with E-state index in [0.717, 1.165) is 0 Å². The first-order chi connectivity index (χ1) is 11.6. The molecule has 2 rings (SSSR count). The topological polar surface area (TPSA) is 84.9 Å². The van der Waals surface area contributed by atoms with Crippen LogP contribution in [0.1, 0.15) is 10.4 Å². The van der Waals surface area contributed by atoms with E-state index in [1.165, 1.54) is 32.2 Å². The Hall–Kier alpha value is -2.48. The molecule has 0 bridgehead atoms. The van der Waals surface area contributed by atoms with Crippen LogP contribution in [0.4, 0.5) is 0 Å². The van der Waals surface area contributed by atoms with Crippen LogP contribution >= 0.6 is 11.8 Å². The van der Waals surface area contributed by atoms with Crippen molar-refractivity contribution in [1.29, 1.82) is 0 Å². The van der Waals surface area contributed by atoms with Gasteiger partial charge in [0, 0.05) is 17.5 Å². The molecule has 24 heavy (non-hydrogen) atoms. The van der Waals surface area contributed by atoms with Gasteiger partial charge in [-0.05, 0) is 12.1 Å². The Morgan fingerprint density at radius 2 is 1.92 bits per heavy atom. The third-order valence-corrected chi connectivity index (χ3v) is 4.41. The quantitative estimate of drug-likeness (QED) is 0.626. The number of nitrogens with zero attached hydrogens (tertiary/aromatic N) is 1. The van der Waals surface area contributed by atoms with Crippen molar-refractivity contribution in [1.82, 2.24) is 10.2 Å². The smallest absolute Gasteiger partial charge is 0.356 e. The van der Waals surface area contributed by atoms with Gasteiger partial charge < -0.3 is 19.7 Å². The normalized spacial score (nSPS) is 17.3. The van der Waals surface area contributed by atoms with Gasteiger partial charge in [-0.2, -0.15) is 0 Å². The number of hydrogen-bond donors (Lipinski definition) is 1. The number of benzene rings is 1. The lowest BCUT2D eigenvalue weighted by molar-refractivity contribution is -0.144. The van der Waals surface area contributed by atoms with Gasteiger partial charge >= 0.3 is 11.9 Å². The number of esters is 2. The minimum Gasteiger partial charge on any atom is -0.467 e. The molecule has 1 fully saturated rings. The van der Waals surface area contributed by atoms with Crippen molar-refractivity contribution < 1.29 is 23.9 Å². The first kappa shape index (κ1) is 17.9. The molecule has 0 spiro atoms. The molecular formula is C16H18N2O5S. The van der Waals surface area contributed by atoms with Crippen molar-refractivity contribution in [3.8, 4) is 0 Å². The largest absolute Gasteiger partial charge is 0.467 e. The van der Waals surface area contributed by atoms with Crippen LogP contribution in [0.25, 0.3) is 0 Å². The minimum atomic E-state index is -0.695. The third kappa shape index (κ3) is 4.29. The lowest BCUT2D eigenvalue weighted by atomic mass is 10.2. The van der Waals surface area contributed by atoms with Gasteiger partial charge in [0.25, 0.3) is 5.91 Å². The van der Waals surface area contributed by atoms with Gasteiger partial charge in [-0.15, -0.1) is 11.8 Å². The third-order valence-electron chi connectivity index (χ3n) is 3.37. The lowest BCUT2D eigenvalue weighted by Gasteiger charge is -2.20. The van der Waals surface area contributed by atoms with E-state index in [4.69, 9.17) is 9.47 Å². The van der Waals surface area contributed by atoms with E-state index in [0.29, 0.717) is 17.2 Å². The van der Waals surface area contributed by atoms with Crippen molar-refractivity contribution in [2.24, 2.45) is 0 Å². The number of methoxy groups -OCH3 is 2. The fourth-order valence-electron chi connectivity index (χ4n) is 2.12. The zero-order valence-corrected chi connectivity index (χ0v) is 14.2. The van der Waals surface area contributed by atoms with Crippen LogP contribution in [-0.2, 0) is 19.1 Å². The van der Waals surface area contributed by atoms with Crippen molar-refractivity contribution in [2.45, 2.75) is 6.04 Å². The molecule has 0 radical (unpaired) electrons. The number of thioether (sulfide) groups is 1. The molecule has 128 valence electrons. The number of ether oxygens (including phenoxy) is 2. The van der Waals surface area contributed by atoms with Crippen molar-refractivity contribution in [3.63, 3.8) is 0 Å². The molecular weight excluding hydrogens is 332 g/mol. The highest BCUT2D eigenvalue weighted by Gasteiger charge is 2.31. The monoisotopic (exact) mass is 350 g/mol. The Morgan fingerprint density at radius 3 is 2.54 bits per heavy atom. The van der Waals surface area contributed by atoms with Crippen molar-refractivity contribution in [2.75, 3.05) is 25.8 Å². The van der Waals surface area contributed by atoms with Crippen LogP contribution in [0.3, 0.4) is 0 Å². The second-order valence-electron chi connectivity index (χ2n) is 4.91. The molecule has 0 aromatic heterocycles. The van der Waals surface area contributed by atoms with E-state index in [2.05, 4.69) is 5.32 Å². The van der Waals surface area contributed by atoms with Crippen LogP contribution < -0.4 is 5.32 Å². The van der Waals surface area contributed by atoms with Gasteiger partial charge in [0.1, 0.15) is 11.7 Å². The molecule has 1 aromatic carbocycles. The Balaban J connectivity index is 2.20. The number of amides is 1. The predicted octanol–water partition coefficient (Wildman–Crippen LogP) is 0.979. The maximum absolute atomic E-state index is 12.2. The first-order valence-corrected chi connectivity index (χ1v) is 8.30. The Labute approximate surface area is 144 Å². The number of carbonyl (C=O) groups is 3. The van der Waals surface area contributed by atoms with Gasteiger partial charge in [-0.3, -0.25) is 4.79 Å². The fourth-order valence-corrected chi connectivity index (χ4v) is 3.24. The summed E-state index contributed by atoms with van der Waals surface area (Å²) in [4.78, 5) is 37.6. The van der Waals surface area contributed by atoms with E-state index < -0.39 is 23.9 Å². The van der Waals surface area contributed by atoms with Crippen LogP contribution in [0, 0.1) is 0 Å². The summed E-state index contributed by atoms with van der Waals surface area (Å²) in [7, 11) is 2.53. The number of hydrogen-bond acceptors (Lipinski definition) is 7. The molecule has 0 unspecified atom stereocenters. The number of nitrogens with one attached hydrogen (secondary N) is 1. The maximum atomic E-state index is 12.2. The average Bonchev–Trinajstić information content (AvgIpc) is 3.08. The first-order valence-electron chi connectivity index (χ1n) is 7.14. The molecule has 7 nitrogen and oxygen atoms in total. The average molecular weight is 350 g/mol. The second kappa shape index (κ2) is 8.39. The summed E-state index contributed by atoms with van der Waals surface area (Å²) in [6.45, 7) is 0. The van der Waals surface area contributed by atoms with Crippen molar-refractivity contribution >= 4 is 29.6 Å². The molecule has 1 atom stereocenters. The predicted molar refractivity (Wildman–Crippen MR) is 89.0 cm³/mol. The van der Waals surface area contributed by atoms with Crippen molar-refractivity contribution in [3.05, 3.63) is 47.8 Å². The molecule has 1 N–H and O–H groups in total. The van der Waals surface area contributed by atoms with E-state index >= 15 is 0 Å². The molecule has 1 amide bonds. The molecule has 1 heterocycles. The summed E-state index contributed by atoms with van der Waals surface area (Å²) in [5, 5.41) is 2.53. The number of rotatable bonds is 5. The van der Waals surface area contributed by atoms with E-state index in [-0.39, 0.29) is 5.70 Å². The highest BCUT2D eigenvalue weighted by atomic mass is 32.2. The summed E-state index contributed by atoms with van der Waals surface area (Å²) < 4.78 is 9.47. The summed E-state index contributed by atoms with van der Waals surface area (Å²) in [5.74, 6) is -0.477. The van der Waals surface area contributed by atoms with Crippen LogP contribution in [-0.4, -0.2) is 54.6 Å². The zero-order chi connectivity index (χ0) is 17.5.